The molecule has 0 bridgehead atoms. The molecule has 0 fully saturated rings. The lowest BCUT2D eigenvalue weighted by Crippen LogP contribution is -2.26. The summed E-state index contributed by atoms with van der Waals surface area (Å²) >= 11 is 0. The van der Waals surface area contributed by atoms with Crippen LogP contribution < -0.4 is 16.1 Å². The lowest BCUT2D eigenvalue weighted by Gasteiger charge is -2.24. The van der Waals surface area contributed by atoms with Gasteiger partial charge in [0.05, 0.1) is 5.56 Å². The van der Waals surface area contributed by atoms with Gasteiger partial charge in [-0.15, -0.1) is 0 Å². The third-order valence-electron chi connectivity index (χ3n) is 7.15. The van der Waals surface area contributed by atoms with Gasteiger partial charge in [-0.2, -0.15) is 0 Å². The van der Waals surface area contributed by atoms with Crippen molar-refractivity contribution in [1.82, 2.24) is 21.3 Å². The van der Waals surface area contributed by atoms with Crippen molar-refractivity contribution in [3.63, 3.8) is 0 Å². The lowest BCUT2D eigenvalue weighted by atomic mass is 9.80. The Bertz CT molecular complexity index is 1230. The van der Waals surface area contributed by atoms with E-state index in [1.165, 1.54) is 6.07 Å². The number of aromatic hydroxyl groups is 2. The molecule has 0 spiro atoms. The van der Waals surface area contributed by atoms with Gasteiger partial charge < -0.3 is 25.4 Å². The monoisotopic (exact) mass is 554 g/mol. The number of aromatic nitrogens is 1. The number of hydrogen-bond donors (Lipinski definition) is 6. The second-order valence-electron chi connectivity index (χ2n) is 10.6. The van der Waals surface area contributed by atoms with E-state index in [-0.39, 0.29) is 46.8 Å². The SMILES string of the molecule is CCNC(=O)c1noc(-c2cc(C(C)C)c(O)cc2O)c1C1C=CC(CNCCCCCCC(=O)NO)=CC1C. The predicted molar refractivity (Wildman–Crippen MR) is 152 cm³/mol. The topological polar surface area (TPSA) is 157 Å². The van der Waals surface area contributed by atoms with Crippen LogP contribution in [0.3, 0.4) is 0 Å². The van der Waals surface area contributed by atoms with Crippen molar-refractivity contribution in [3.05, 3.63) is 52.8 Å². The number of nitrogens with one attached hydrogen (secondary N) is 3. The third-order valence-corrected chi connectivity index (χ3v) is 7.15. The number of carbonyl (C=O) groups is 2. The molecule has 10 heteroatoms. The smallest absolute Gasteiger partial charge is 0.273 e. The minimum Gasteiger partial charge on any atom is -0.508 e. The minimum absolute atomic E-state index is 0.00127. The quantitative estimate of drug-likeness (QED) is 0.109. The normalized spacial score (nSPS) is 16.7. The summed E-state index contributed by atoms with van der Waals surface area (Å²) in [7, 11) is 0. The average molecular weight is 555 g/mol. The van der Waals surface area contributed by atoms with Gasteiger partial charge in [0, 0.05) is 37.1 Å². The maximum Gasteiger partial charge on any atom is 0.273 e. The summed E-state index contributed by atoms with van der Waals surface area (Å²) in [6.07, 6.45) is 10.3. The van der Waals surface area contributed by atoms with Crippen molar-refractivity contribution in [2.45, 2.75) is 71.6 Å². The van der Waals surface area contributed by atoms with Crippen molar-refractivity contribution >= 4 is 11.8 Å². The number of phenols is 2. The van der Waals surface area contributed by atoms with E-state index in [0.717, 1.165) is 37.8 Å². The molecule has 1 aliphatic rings. The van der Waals surface area contributed by atoms with Gasteiger partial charge in [0.15, 0.2) is 11.5 Å². The third kappa shape index (κ3) is 7.73. The second kappa shape index (κ2) is 14.7. The number of amides is 2. The molecule has 0 saturated heterocycles. The highest BCUT2D eigenvalue weighted by molar-refractivity contribution is 5.96. The zero-order valence-corrected chi connectivity index (χ0v) is 23.8. The van der Waals surface area contributed by atoms with Crippen LogP contribution >= 0.6 is 0 Å². The lowest BCUT2D eigenvalue weighted by molar-refractivity contribution is -0.129. The predicted octanol–water partition coefficient (Wildman–Crippen LogP) is 4.89. The summed E-state index contributed by atoms with van der Waals surface area (Å²) in [4.78, 5) is 24.0. The van der Waals surface area contributed by atoms with Crippen LogP contribution in [0, 0.1) is 5.92 Å². The van der Waals surface area contributed by atoms with Crippen LogP contribution in [0.5, 0.6) is 11.5 Å². The molecule has 6 N–H and O–H groups in total. The fraction of sp³-hybridized carbons (Fsp3) is 0.500. The molecule has 1 aromatic heterocycles. The highest BCUT2D eigenvalue weighted by Gasteiger charge is 2.33. The van der Waals surface area contributed by atoms with E-state index in [1.54, 1.807) is 11.5 Å². The Morgan fingerprint density at radius 2 is 1.85 bits per heavy atom. The molecule has 0 aliphatic heterocycles. The molecule has 2 amide bonds. The average Bonchev–Trinajstić information content (AvgIpc) is 3.34. The highest BCUT2D eigenvalue weighted by atomic mass is 16.5. The maximum absolute atomic E-state index is 12.9. The molecular weight excluding hydrogens is 512 g/mol. The standard InChI is InChI=1S/C30H42N4O6/c1-5-32-30(38)28-27(29(40-34-28)23-15-22(18(2)3)24(35)16-25(23)36)21-12-11-20(14-19(21)4)17-31-13-9-7-6-8-10-26(37)33-39/h11-12,14-16,18-19,21,31,35-36,39H,5-10,13,17H2,1-4H3,(H,32,38)(H,33,37). The fourth-order valence-corrected chi connectivity index (χ4v) is 5.00. The van der Waals surface area contributed by atoms with Crippen LogP contribution in [-0.4, -0.2) is 52.0 Å². The molecule has 2 unspecified atom stereocenters. The number of unbranched alkanes of at least 4 members (excludes halogenated alkanes) is 3. The summed E-state index contributed by atoms with van der Waals surface area (Å²) in [6.45, 7) is 9.80. The largest absolute Gasteiger partial charge is 0.508 e. The van der Waals surface area contributed by atoms with E-state index < -0.39 is 0 Å². The Hall–Kier alpha value is -3.63. The summed E-state index contributed by atoms with van der Waals surface area (Å²) in [5.41, 5.74) is 4.61. The molecule has 1 aliphatic carbocycles. The second-order valence-corrected chi connectivity index (χ2v) is 10.6. The van der Waals surface area contributed by atoms with E-state index in [2.05, 4.69) is 28.8 Å². The van der Waals surface area contributed by atoms with Crippen molar-refractivity contribution < 1.29 is 29.5 Å². The van der Waals surface area contributed by atoms with Crippen LogP contribution in [0.2, 0.25) is 0 Å². The van der Waals surface area contributed by atoms with Gasteiger partial charge >= 0.3 is 0 Å². The molecule has 10 nitrogen and oxygen atoms in total. The zero-order valence-electron chi connectivity index (χ0n) is 23.8. The molecule has 0 saturated carbocycles. The van der Waals surface area contributed by atoms with Crippen LogP contribution in [-0.2, 0) is 4.79 Å². The number of nitrogens with zero attached hydrogens (tertiary/aromatic N) is 1. The minimum atomic E-state index is -0.349. The van der Waals surface area contributed by atoms with E-state index in [0.29, 0.717) is 42.0 Å². The van der Waals surface area contributed by atoms with Crippen LogP contribution in [0.1, 0.15) is 93.3 Å². The van der Waals surface area contributed by atoms with E-state index >= 15 is 0 Å². The number of hydroxylamine groups is 1. The Morgan fingerprint density at radius 3 is 2.52 bits per heavy atom. The van der Waals surface area contributed by atoms with Gasteiger partial charge in [-0.05, 0) is 55.3 Å². The summed E-state index contributed by atoms with van der Waals surface area (Å²) < 4.78 is 5.72. The first-order valence-corrected chi connectivity index (χ1v) is 14.0. The Labute approximate surface area is 235 Å². The first-order chi connectivity index (χ1) is 19.2. The molecular formula is C30H42N4O6. The van der Waals surface area contributed by atoms with E-state index in [1.807, 2.05) is 32.9 Å². The van der Waals surface area contributed by atoms with E-state index in [4.69, 9.17) is 9.73 Å². The molecule has 0 radical (unpaired) electrons. The first-order valence-electron chi connectivity index (χ1n) is 14.0. The van der Waals surface area contributed by atoms with Crippen molar-refractivity contribution in [2.24, 2.45) is 5.92 Å². The van der Waals surface area contributed by atoms with Gasteiger partial charge in [-0.3, -0.25) is 14.8 Å². The Kier molecular flexibility index (Phi) is 11.3. The summed E-state index contributed by atoms with van der Waals surface area (Å²) in [6, 6.07) is 3.00. The Balaban J connectivity index is 1.74. The number of hydrogen-bond acceptors (Lipinski definition) is 8. The maximum atomic E-state index is 12.9. The summed E-state index contributed by atoms with van der Waals surface area (Å²) in [5.74, 6) is -0.708. The Morgan fingerprint density at radius 1 is 1.10 bits per heavy atom. The first kappa shape index (κ1) is 30.9. The highest BCUT2D eigenvalue weighted by Crippen LogP contribution is 2.44. The van der Waals surface area contributed by atoms with Crippen molar-refractivity contribution in [3.8, 4) is 22.8 Å². The van der Waals surface area contributed by atoms with E-state index in [9.17, 15) is 19.8 Å². The molecule has 3 rings (SSSR count). The zero-order chi connectivity index (χ0) is 29.2. The van der Waals surface area contributed by atoms with Gasteiger partial charge in [0.2, 0.25) is 5.91 Å². The molecule has 2 aromatic rings. The van der Waals surface area contributed by atoms with Crippen molar-refractivity contribution in [2.75, 3.05) is 19.6 Å². The number of benzene rings is 1. The molecule has 1 aromatic carbocycles. The van der Waals surface area contributed by atoms with Crippen LogP contribution in [0.4, 0.5) is 0 Å². The number of allylic oxidation sites excluding steroid dienone is 2. The number of rotatable bonds is 14. The number of carbonyl (C=O) groups excluding carboxylic acids is 2. The van der Waals surface area contributed by atoms with Crippen molar-refractivity contribution in [1.29, 1.82) is 0 Å². The fourth-order valence-electron chi connectivity index (χ4n) is 5.00. The molecule has 2 atom stereocenters. The van der Waals surface area contributed by atoms with Gasteiger partial charge in [-0.25, -0.2) is 5.48 Å². The number of phenolic OH excluding ortho intramolecular Hbond substituents is 2. The van der Waals surface area contributed by atoms with Crippen LogP contribution in [0.15, 0.2) is 40.5 Å². The molecule has 218 valence electrons. The van der Waals surface area contributed by atoms with Gasteiger partial charge in [0.25, 0.3) is 5.91 Å². The molecule has 1 heterocycles. The summed E-state index contributed by atoms with van der Waals surface area (Å²) in [5, 5.41) is 40.0. The van der Waals surface area contributed by atoms with Crippen LogP contribution in [0.25, 0.3) is 11.3 Å². The van der Waals surface area contributed by atoms with Gasteiger partial charge in [0.1, 0.15) is 11.5 Å². The van der Waals surface area contributed by atoms with Gasteiger partial charge in [-0.1, -0.05) is 57.0 Å². The molecule has 40 heavy (non-hydrogen) atoms.